The van der Waals surface area contributed by atoms with Gasteiger partial charge in [-0.15, -0.1) is 0 Å². The average molecular weight is 446 g/mol. The van der Waals surface area contributed by atoms with E-state index >= 15 is 0 Å². The number of halogens is 1. The predicted molar refractivity (Wildman–Crippen MR) is 119 cm³/mol. The zero-order chi connectivity index (χ0) is 21.8. The highest BCUT2D eigenvalue weighted by atomic mass is 35.5. The van der Waals surface area contributed by atoms with E-state index in [0.29, 0.717) is 38.7 Å². The maximum Gasteiger partial charge on any atom is 0.237 e. The number of nitriles is 1. The standard InChI is InChI=1S/C22H24ClN3O3S/c1-12-5-6-17-14(7-12)8-15(11-24)22(26-17)30-13(2)21(27)25-18-9-16(23)19(28-3)10-20(18)29-4/h8-10,12-13H,5-7H2,1-4H3,(H,25,27). The highest BCUT2D eigenvalue weighted by molar-refractivity contribution is 8.00. The molecule has 3 rings (SSSR count). The molecule has 1 aliphatic rings. The van der Waals surface area contributed by atoms with Gasteiger partial charge in [0.2, 0.25) is 5.91 Å². The van der Waals surface area contributed by atoms with Crippen LogP contribution in [0.1, 0.15) is 37.1 Å². The fourth-order valence-corrected chi connectivity index (χ4v) is 4.55. The summed E-state index contributed by atoms with van der Waals surface area (Å²) in [6.07, 6.45) is 2.93. The number of fused-ring (bicyclic) bond motifs is 1. The first kappa shape index (κ1) is 22.3. The second-order valence-corrected chi connectivity index (χ2v) is 9.08. The van der Waals surface area contributed by atoms with Gasteiger partial charge in [-0.1, -0.05) is 30.3 Å². The number of ether oxygens (including phenoxy) is 2. The Balaban J connectivity index is 1.78. The van der Waals surface area contributed by atoms with Crippen molar-refractivity contribution in [2.24, 2.45) is 5.92 Å². The van der Waals surface area contributed by atoms with Crippen molar-refractivity contribution in [1.29, 1.82) is 5.26 Å². The lowest BCUT2D eigenvalue weighted by molar-refractivity contribution is -0.115. The summed E-state index contributed by atoms with van der Waals surface area (Å²) in [5.74, 6) is 1.26. The number of nitrogens with one attached hydrogen (secondary N) is 1. The van der Waals surface area contributed by atoms with Crippen molar-refractivity contribution in [2.45, 2.75) is 43.4 Å². The van der Waals surface area contributed by atoms with Gasteiger partial charge >= 0.3 is 0 Å². The monoisotopic (exact) mass is 445 g/mol. The Morgan fingerprint density at radius 1 is 1.33 bits per heavy atom. The summed E-state index contributed by atoms with van der Waals surface area (Å²) in [6.45, 7) is 3.99. The number of rotatable bonds is 6. The van der Waals surface area contributed by atoms with Crippen molar-refractivity contribution >= 4 is 35.0 Å². The van der Waals surface area contributed by atoms with Gasteiger partial charge in [0.1, 0.15) is 22.6 Å². The van der Waals surface area contributed by atoms with Crippen LogP contribution in [0.4, 0.5) is 5.69 Å². The van der Waals surface area contributed by atoms with Gasteiger partial charge in [-0.25, -0.2) is 4.98 Å². The fourth-order valence-electron chi connectivity index (χ4n) is 3.41. The number of carbonyl (C=O) groups is 1. The number of hydrogen-bond acceptors (Lipinski definition) is 6. The first-order valence-electron chi connectivity index (χ1n) is 9.68. The van der Waals surface area contributed by atoms with Gasteiger partial charge in [-0.05, 0) is 49.8 Å². The molecular formula is C22H24ClN3O3S. The van der Waals surface area contributed by atoms with E-state index in [1.165, 1.54) is 26.0 Å². The molecule has 0 saturated heterocycles. The molecule has 1 aromatic carbocycles. The number of carbonyl (C=O) groups excluding carboxylic acids is 1. The Kier molecular flexibility index (Phi) is 7.11. The molecule has 0 fully saturated rings. The van der Waals surface area contributed by atoms with Crippen LogP contribution in [0.5, 0.6) is 11.5 Å². The molecule has 0 bridgehead atoms. The number of aryl methyl sites for hydroxylation is 1. The van der Waals surface area contributed by atoms with E-state index < -0.39 is 5.25 Å². The molecule has 1 N–H and O–H groups in total. The van der Waals surface area contributed by atoms with E-state index in [-0.39, 0.29) is 5.91 Å². The van der Waals surface area contributed by atoms with Crippen LogP contribution in [0.25, 0.3) is 0 Å². The topological polar surface area (TPSA) is 84.2 Å². The minimum atomic E-state index is -0.476. The summed E-state index contributed by atoms with van der Waals surface area (Å²) in [4.78, 5) is 17.5. The molecule has 1 aromatic heterocycles. The number of pyridine rings is 1. The molecular weight excluding hydrogens is 422 g/mol. The van der Waals surface area contributed by atoms with Crippen LogP contribution >= 0.6 is 23.4 Å². The SMILES string of the molecule is COc1cc(OC)c(NC(=O)C(C)Sc2nc3c(cc2C#N)CC(C)CC3)cc1Cl. The summed E-state index contributed by atoms with van der Waals surface area (Å²) < 4.78 is 10.5. The third kappa shape index (κ3) is 4.82. The predicted octanol–water partition coefficient (Wildman–Crippen LogP) is 4.87. The molecule has 0 saturated carbocycles. The van der Waals surface area contributed by atoms with Crippen molar-refractivity contribution in [3.8, 4) is 17.6 Å². The molecule has 2 aromatic rings. The van der Waals surface area contributed by atoms with Gasteiger partial charge in [0.25, 0.3) is 0 Å². The van der Waals surface area contributed by atoms with Crippen LogP contribution in [0.3, 0.4) is 0 Å². The third-order valence-electron chi connectivity index (χ3n) is 5.11. The summed E-state index contributed by atoms with van der Waals surface area (Å²) in [6, 6.07) is 7.37. The van der Waals surface area contributed by atoms with E-state index in [2.05, 4.69) is 18.3 Å². The summed E-state index contributed by atoms with van der Waals surface area (Å²) >= 11 is 7.46. The minimum Gasteiger partial charge on any atom is -0.495 e. The molecule has 0 spiro atoms. The minimum absolute atomic E-state index is 0.239. The van der Waals surface area contributed by atoms with Crippen LogP contribution in [-0.2, 0) is 17.6 Å². The van der Waals surface area contributed by atoms with E-state index in [1.54, 1.807) is 19.1 Å². The van der Waals surface area contributed by atoms with Crippen LogP contribution < -0.4 is 14.8 Å². The number of aromatic nitrogens is 1. The highest BCUT2D eigenvalue weighted by Gasteiger charge is 2.23. The number of hydrogen-bond donors (Lipinski definition) is 1. The average Bonchev–Trinajstić information content (AvgIpc) is 2.73. The van der Waals surface area contributed by atoms with Crippen LogP contribution in [-0.4, -0.2) is 30.4 Å². The second-order valence-electron chi connectivity index (χ2n) is 7.34. The molecule has 30 heavy (non-hydrogen) atoms. The number of amides is 1. The second kappa shape index (κ2) is 9.59. The largest absolute Gasteiger partial charge is 0.495 e. The van der Waals surface area contributed by atoms with Gasteiger partial charge in [0, 0.05) is 11.8 Å². The molecule has 0 radical (unpaired) electrons. The van der Waals surface area contributed by atoms with E-state index in [4.69, 9.17) is 26.1 Å². The van der Waals surface area contributed by atoms with E-state index in [0.717, 1.165) is 30.5 Å². The molecule has 158 valence electrons. The first-order chi connectivity index (χ1) is 14.4. The lowest BCUT2D eigenvalue weighted by Gasteiger charge is -2.22. The van der Waals surface area contributed by atoms with Crippen molar-refractivity contribution in [1.82, 2.24) is 4.98 Å². The zero-order valence-corrected chi connectivity index (χ0v) is 19.0. The van der Waals surface area contributed by atoms with Crippen molar-refractivity contribution in [3.05, 3.63) is 40.0 Å². The van der Waals surface area contributed by atoms with Gasteiger partial charge in [-0.2, -0.15) is 5.26 Å². The van der Waals surface area contributed by atoms with Crippen LogP contribution in [0, 0.1) is 17.2 Å². The molecule has 2 unspecified atom stereocenters. The number of nitrogens with zero attached hydrogens (tertiary/aromatic N) is 2. The highest BCUT2D eigenvalue weighted by Crippen LogP contribution is 2.37. The summed E-state index contributed by atoms with van der Waals surface area (Å²) in [7, 11) is 3.02. The molecule has 1 heterocycles. The Morgan fingerprint density at radius 3 is 2.73 bits per heavy atom. The van der Waals surface area contributed by atoms with Gasteiger partial charge < -0.3 is 14.8 Å². The van der Waals surface area contributed by atoms with Crippen LogP contribution in [0.2, 0.25) is 5.02 Å². The third-order valence-corrected chi connectivity index (χ3v) is 6.51. The summed E-state index contributed by atoms with van der Waals surface area (Å²) in [5.41, 5.74) is 3.14. The lowest BCUT2D eigenvalue weighted by Crippen LogP contribution is -2.23. The van der Waals surface area contributed by atoms with Gasteiger partial charge in [0.05, 0.1) is 35.7 Å². The molecule has 0 aliphatic heterocycles. The Labute approximate surface area is 185 Å². The Morgan fingerprint density at radius 2 is 2.07 bits per heavy atom. The molecule has 1 amide bonds. The Bertz CT molecular complexity index is 1010. The summed E-state index contributed by atoms with van der Waals surface area (Å²) in [5, 5.41) is 12.9. The quantitative estimate of drug-likeness (QED) is 0.638. The number of anilines is 1. The zero-order valence-electron chi connectivity index (χ0n) is 17.4. The van der Waals surface area contributed by atoms with Gasteiger partial charge in [0.15, 0.2) is 0 Å². The maximum atomic E-state index is 12.8. The molecule has 6 nitrogen and oxygen atoms in total. The molecule has 1 aliphatic carbocycles. The van der Waals surface area contributed by atoms with E-state index in [1.807, 2.05) is 6.07 Å². The number of thioether (sulfide) groups is 1. The number of methoxy groups -OCH3 is 2. The van der Waals surface area contributed by atoms with E-state index in [9.17, 15) is 10.1 Å². The molecule has 8 heteroatoms. The molecule has 2 atom stereocenters. The maximum absolute atomic E-state index is 12.8. The van der Waals surface area contributed by atoms with Gasteiger partial charge in [-0.3, -0.25) is 4.79 Å². The van der Waals surface area contributed by atoms with Crippen LogP contribution in [0.15, 0.2) is 23.2 Å². The van der Waals surface area contributed by atoms with Crippen molar-refractivity contribution < 1.29 is 14.3 Å². The first-order valence-corrected chi connectivity index (χ1v) is 10.9. The smallest absolute Gasteiger partial charge is 0.237 e. The normalized spacial score (nSPS) is 16.2. The van der Waals surface area contributed by atoms with Crippen molar-refractivity contribution in [3.63, 3.8) is 0 Å². The Hall–Kier alpha value is -2.43. The lowest BCUT2D eigenvalue weighted by atomic mass is 9.87. The fraction of sp³-hybridized carbons (Fsp3) is 0.409. The van der Waals surface area contributed by atoms with Crippen molar-refractivity contribution in [2.75, 3.05) is 19.5 Å². The number of benzene rings is 1.